The smallest absolute Gasteiger partial charge is 0.271 e. The molecule has 38 heavy (non-hydrogen) atoms. The fourth-order valence-corrected chi connectivity index (χ4v) is 5.82. The van der Waals surface area contributed by atoms with Crippen LogP contribution < -0.4 is 5.32 Å². The van der Waals surface area contributed by atoms with E-state index in [2.05, 4.69) is 25.7 Å². The maximum atomic E-state index is 14.0. The number of allylic oxidation sites excluding steroid dienone is 2. The molecule has 7 nitrogen and oxygen atoms in total. The summed E-state index contributed by atoms with van der Waals surface area (Å²) in [4.78, 5) is 31.9. The van der Waals surface area contributed by atoms with Crippen LogP contribution in [0, 0.1) is 5.92 Å². The van der Waals surface area contributed by atoms with Crippen molar-refractivity contribution in [1.29, 1.82) is 0 Å². The average Bonchev–Trinajstić information content (AvgIpc) is 3.30. The van der Waals surface area contributed by atoms with E-state index >= 15 is 0 Å². The zero-order valence-electron chi connectivity index (χ0n) is 24.3. The van der Waals surface area contributed by atoms with Crippen LogP contribution in [0.15, 0.2) is 47.6 Å². The number of hydrogen-bond donors (Lipinski definition) is 1. The third-order valence-electron chi connectivity index (χ3n) is 8.27. The van der Waals surface area contributed by atoms with Crippen molar-refractivity contribution in [1.82, 2.24) is 15.1 Å². The maximum absolute atomic E-state index is 14.0. The van der Waals surface area contributed by atoms with Gasteiger partial charge in [-0.1, -0.05) is 65.4 Å². The van der Waals surface area contributed by atoms with E-state index in [4.69, 9.17) is 9.47 Å². The van der Waals surface area contributed by atoms with Crippen LogP contribution in [0.1, 0.15) is 85.0 Å². The molecular weight excluding hydrogens is 478 g/mol. The van der Waals surface area contributed by atoms with Crippen LogP contribution in [-0.2, 0) is 19.1 Å². The molecular formula is C31H49N3O4. The van der Waals surface area contributed by atoms with Gasteiger partial charge in [-0.3, -0.25) is 9.59 Å². The summed E-state index contributed by atoms with van der Waals surface area (Å²) < 4.78 is 10.8. The molecule has 0 spiro atoms. The van der Waals surface area contributed by atoms with Crippen molar-refractivity contribution >= 4 is 11.8 Å². The average molecular weight is 528 g/mol. The van der Waals surface area contributed by atoms with Crippen LogP contribution in [0.25, 0.3) is 0 Å². The highest BCUT2D eigenvalue weighted by molar-refractivity contribution is 6.01. The van der Waals surface area contributed by atoms with Crippen molar-refractivity contribution in [2.45, 2.75) is 96.6 Å². The summed E-state index contributed by atoms with van der Waals surface area (Å²) in [5.74, 6) is 1.38. The normalized spacial score (nSPS) is 24.9. The van der Waals surface area contributed by atoms with Crippen molar-refractivity contribution < 1.29 is 19.1 Å². The summed E-state index contributed by atoms with van der Waals surface area (Å²) in [6.45, 7) is 11.7. The van der Waals surface area contributed by atoms with Crippen LogP contribution in [0.3, 0.4) is 0 Å². The van der Waals surface area contributed by atoms with Gasteiger partial charge in [-0.05, 0) is 50.3 Å². The van der Waals surface area contributed by atoms with Crippen LogP contribution in [0.4, 0.5) is 0 Å². The molecule has 2 atom stereocenters. The molecule has 0 aromatic rings. The fourth-order valence-electron chi connectivity index (χ4n) is 5.82. The molecule has 7 heteroatoms. The minimum Gasteiger partial charge on any atom is -0.497 e. The van der Waals surface area contributed by atoms with E-state index in [1.54, 1.807) is 20.3 Å². The number of methoxy groups -OCH3 is 2. The Labute approximate surface area is 230 Å². The Morgan fingerprint density at radius 1 is 1.18 bits per heavy atom. The lowest BCUT2D eigenvalue weighted by molar-refractivity contribution is -0.152. The molecule has 0 aromatic heterocycles. The number of nitrogens with one attached hydrogen (secondary N) is 1. The molecule has 1 N–H and O–H groups in total. The standard InChI is InChI=1S/C31H49N3O4/c1-7-8-14-23(2)20-34-29(35)27-19-25(28(38-6)18-17-24(3)37-5)21-33(27)22-31(34,4)30(36)32-26-15-12-10-9-11-13-16-26/h17-19,23,26H,3,7-16,20-22H2,1-2,4-6H3,(H,32,36)/b18-17-,28-25+. The van der Waals surface area contributed by atoms with Gasteiger partial charge in [0, 0.05) is 24.7 Å². The lowest BCUT2D eigenvalue weighted by atomic mass is 9.90. The van der Waals surface area contributed by atoms with Crippen LogP contribution >= 0.6 is 0 Å². The molecule has 2 heterocycles. The van der Waals surface area contributed by atoms with Crippen LogP contribution in [0.5, 0.6) is 0 Å². The quantitative estimate of drug-likeness (QED) is 0.285. The first-order valence-electron chi connectivity index (χ1n) is 14.5. The van der Waals surface area contributed by atoms with E-state index in [9.17, 15) is 9.59 Å². The van der Waals surface area contributed by atoms with E-state index in [0.29, 0.717) is 42.8 Å². The van der Waals surface area contributed by atoms with Crippen molar-refractivity contribution in [2.75, 3.05) is 33.9 Å². The molecule has 3 aliphatic rings. The fraction of sp³-hybridized carbons (Fsp3) is 0.677. The van der Waals surface area contributed by atoms with Gasteiger partial charge in [-0.25, -0.2) is 0 Å². The number of carbonyl (C=O) groups excluding carboxylic acids is 2. The van der Waals surface area contributed by atoms with Crippen LogP contribution in [-0.4, -0.2) is 67.0 Å². The molecule has 2 unspecified atom stereocenters. The summed E-state index contributed by atoms with van der Waals surface area (Å²) in [5, 5.41) is 3.38. The molecule has 1 saturated carbocycles. The minimum absolute atomic E-state index is 0.0288. The molecule has 2 amide bonds. The number of carbonyl (C=O) groups is 2. The number of amides is 2. The van der Waals surface area contributed by atoms with Crippen LogP contribution in [0.2, 0.25) is 0 Å². The van der Waals surface area contributed by atoms with Crippen molar-refractivity contribution in [3.63, 3.8) is 0 Å². The highest BCUT2D eigenvalue weighted by Crippen LogP contribution is 2.35. The highest BCUT2D eigenvalue weighted by atomic mass is 16.5. The maximum Gasteiger partial charge on any atom is 0.271 e. The number of unbranched alkanes of at least 4 members (excludes halogenated alkanes) is 1. The van der Waals surface area contributed by atoms with Crippen molar-refractivity contribution in [2.24, 2.45) is 5.92 Å². The second-order valence-corrected chi connectivity index (χ2v) is 11.4. The minimum atomic E-state index is -0.944. The molecule has 2 aliphatic heterocycles. The Kier molecular flexibility index (Phi) is 10.9. The Hall–Kier alpha value is -2.70. The summed E-state index contributed by atoms with van der Waals surface area (Å²) in [6.07, 6.45) is 16.8. The van der Waals surface area contributed by atoms with E-state index in [1.165, 1.54) is 19.3 Å². The number of ether oxygens (including phenoxy) is 2. The molecule has 212 valence electrons. The number of rotatable bonds is 11. The number of fused-ring (bicyclic) bond motifs is 1. The van der Waals surface area contributed by atoms with E-state index in [0.717, 1.165) is 50.5 Å². The Morgan fingerprint density at radius 3 is 2.50 bits per heavy atom. The topological polar surface area (TPSA) is 71.1 Å². The summed E-state index contributed by atoms with van der Waals surface area (Å²) in [6, 6.07) is 0.180. The Bertz CT molecular complexity index is 945. The molecule has 1 saturated heterocycles. The number of nitrogens with zero attached hydrogens (tertiary/aromatic N) is 2. The summed E-state index contributed by atoms with van der Waals surface area (Å²) in [7, 11) is 3.19. The van der Waals surface area contributed by atoms with Crippen molar-refractivity contribution in [3.8, 4) is 0 Å². The second kappa shape index (κ2) is 13.9. The first-order chi connectivity index (χ1) is 18.2. The van der Waals surface area contributed by atoms with Gasteiger partial charge in [0.15, 0.2) is 0 Å². The van der Waals surface area contributed by atoms with Gasteiger partial charge in [0.1, 0.15) is 22.8 Å². The second-order valence-electron chi connectivity index (χ2n) is 11.4. The zero-order valence-corrected chi connectivity index (χ0v) is 24.3. The monoisotopic (exact) mass is 527 g/mol. The lowest BCUT2D eigenvalue weighted by Crippen LogP contribution is -2.69. The predicted molar refractivity (Wildman–Crippen MR) is 152 cm³/mol. The lowest BCUT2D eigenvalue weighted by Gasteiger charge is -2.49. The van der Waals surface area contributed by atoms with Gasteiger partial charge in [-0.2, -0.15) is 0 Å². The Morgan fingerprint density at radius 2 is 1.87 bits per heavy atom. The van der Waals surface area contributed by atoms with Gasteiger partial charge in [0.05, 0.1) is 20.8 Å². The van der Waals surface area contributed by atoms with Crippen molar-refractivity contribution in [3.05, 3.63) is 47.6 Å². The van der Waals surface area contributed by atoms with Gasteiger partial charge >= 0.3 is 0 Å². The summed E-state index contributed by atoms with van der Waals surface area (Å²) >= 11 is 0. The van der Waals surface area contributed by atoms with Gasteiger partial charge in [0.25, 0.3) is 5.91 Å². The first-order valence-corrected chi connectivity index (χ1v) is 14.5. The SMILES string of the molecule is C=C(/C=C\C(OC)=C1\C=C2C(=O)N(CC(C)CCCC)C(C)(C(=O)NC3CCCCCCC3)CN2C1)OC. The molecule has 0 bridgehead atoms. The highest BCUT2D eigenvalue weighted by Gasteiger charge is 2.51. The third-order valence-corrected chi connectivity index (χ3v) is 8.27. The third kappa shape index (κ3) is 7.23. The predicted octanol–water partition coefficient (Wildman–Crippen LogP) is 5.46. The molecule has 3 rings (SSSR count). The van der Waals surface area contributed by atoms with Gasteiger partial charge < -0.3 is 24.6 Å². The first kappa shape index (κ1) is 29.9. The van der Waals surface area contributed by atoms with E-state index in [-0.39, 0.29) is 17.9 Å². The molecule has 0 aromatic carbocycles. The zero-order chi connectivity index (χ0) is 27.7. The van der Waals surface area contributed by atoms with Gasteiger partial charge in [-0.15, -0.1) is 0 Å². The van der Waals surface area contributed by atoms with E-state index in [1.807, 2.05) is 28.9 Å². The van der Waals surface area contributed by atoms with Gasteiger partial charge in [0.2, 0.25) is 5.91 Å². The number of hydrogen-bond acceptors (Lipinski definition) is 5. The molecule has 2 fully saturated rings. The molecule has 1 aliphatic carbocycles. The van der Waals surface area contributed by atoms with E-state index < -0.39 is 5.54 Å². The number of piperazine rings is 1. The summed E-state index contributed by atoms with van der Waals surface area (Å²) in [5.41, 5.74) is 0.590. The molecule has 0 radical (unpaired) electrons. The largest absolute Gasteiger partial charge is 0.497 e. The Balaban J connectivity index is 1.89.